The molecule has 0 fully saturated rings. The second-order valence-corrected chi connectivity index (χ2v) is 9.00. The van der Waals surface area contributed by atoms with E-state index in [-0.39, 0.29) is 10.5 Å². The molecule has 0 aliphatic carbocycles. The maximum Gasteiger partial charge on any atom is 0.338 e. The summed E-state index contributed by atoms with van der Waals surface area (Å²) in [5, 5.41) is 4.10. The molecule has 33 heavy (non-hydrogen) atoms. The van der Waals surface area contributed by atoms with Crippen molar-refractivity contribution in [3.8, 4) is 0 Å². The Morgan fingerprint density at radius 1 is 1.06 bits per heavy atom. The van der Waals surface area contributed by atoms with Crippen LogP contribution in [0.4, 0.5) is 18.9 Å². The number of carbonyl (C=O) groups excluding carboxylic acids is 3. The van der Waals surface area contributed by atoms with E-state index in [0.717, 1.165) is 16.4 Å². The number of anilines is 1. The third-order valence-electron chi connectivity index (χ3n) is 4.23. The molecule has 0 saturated heterocycles. The molecule has 0 aliphatic rings. The summed E-state index contributed by atoms with van der Waals surface area (Å²) in [6.07, 6.45) is -1.38. The van der Waals surface area contributed by atoms with Gasteiger partial charge in [0, 0.05) is 14.1 Å². The fourth-order valence-corrected chi connectivity index (χ4v) is 3.35. The Bertz CT molecular complexity index is 1190. The topological polar surface area (TPSA) is 122 Å². The molecule has 0 aliphatic heterocycles. The summed E-state index contributed by atoms with van der Waals surface area (Å²) in [5.74, 6) is -7.62. The van der Waals surface area contributed by atoms with Gasteiger partial charge in [-0.25, -0.2) is 30.7 Å². The van der Waals surface area contributed by atoms with Gasteiger partial charge in [0.25, 0.3) is 5.91 Å². The highest BCUT2D eigenvalue weighted by molar-refractivity contribution is 7.89. The zero-order valence-electron chi connectivity index (χ0n) is 17.7. The minimum absolute atomic E-state index is 0.121. The Kier molecular flexibility index (Phi) is 8.17. The molecule has 0 heterocycles. The van der Waals surface area contributed by atoms with Gasteiger partial charge in [0.15, 0.2) is 23.6 Å². The van der Waals surface area contributed by atoms with Gasteiger partial charge in [0.1, 0.15) is 0 Å². The molecule has 9 nitrogen and oxygen atoms in total. The number of ether oxygens (including phenoxy) is 1. The van der Waals surface area contributed by atoms with Crippen LogP contribution in [0, 0.1) is 17.5 Å². The second-order valence-electron chi connectivity index (χ2n) is 6.85. The van der Waals surface area contributed by atoms with Crippen LogP contribution in [0.5, 0.6) is 0 Å². The maximum absolute atomic E-state index is 13.6. The van der Waals surface area contributed by atoms with Crippen LogP contribution in [-0.4, -0.2) is 57.3 Å². The number of carbonyl (C=O) groups is 3. The smallest absolute Gasteiger partial charge is 0.338 e. The van der Waals surface area contributed by atoms with Crippen LogP contribution < -0.4 is 10.6 Å². The minimum atomic E-state index is -3.80. The summed E-state index contributed by atoms with van der Waals surface area (Å²) in [5.41, 5.74) is -0.746. The third kappa shape index (κ3) is 6.29. The van der Waals surface area contributed by atoms with E-state index in [1.54, 1.807) is 0 Å². The molecule has 0 radical (unpaired) electrons. The van der Waals surface area contributed by atoms with Crippen LogP contribution in [-0.2, 0) is 24.3 Å². The Morgan fingerprint density at radius 2 is 1.73 bits per heavy atom. The van der Waals surface area contributed by atoms with Crippen molar-refractivity contribution >= 4 is 33.5 Å². The summed E-state index contributed by atoms with van der Waals surface area (Å²) in [6.45, 7) is 0.524. The number of amides is 2. The van der Waals surface area contributed by atoms with Gasteiger partial charge in [-0.05, 0) is 37.3 Å². The van der Waals surface area contributed by atoms with Crippen molar-refractivity contribution in [1.29, 1.82) is 0 Å². The first-order valence-corrected chi connectivity index (χ1v) is 10.7. The SMILES string of the molecule is C[C@@H](OC(=O)c1cccc(S(=O)(=O)N(C)C)c1)C(=O)NCC(=O)Nc1ccc(F)c(F)c1F. The normalized spacial score (nSPS) is 12.2. The van der Waals surface area contributed by atoms with Crippen LogP contribution in [0.1, 0.15) is 17.3 Å². The Labute approximate surface area is 187 Å². The first-order chi connectivity index (χ1) is 15.3. The van der Waals surface area contributed by atoms with E-state index >= 15 is 0 Å². The second kappa shape index (κ2) is 10.4. The van der Waals surface area contributed by atoms with Gasteiger partial charge in [-0.2, -0.15) is 0 Å². The lowest BCUT2D eigenvalue weighted by atomic mass is 10.2. The van der Waals surface area contributed by atoms with Crippen molar-refractivity contribution in [2.75, 3.05) is 26.0 Å². The molecule has 2 amide bonds. The summed E-state index contributed by atoms with van der Waals surface area (Å²) in [4.78, 5) is 36.1. The molecule has 178 valence electrons. The van der Waals surface area contributed by atoms with Gasteiger partial charge in [-0.3, -0.25) is 9.59 Å². The van der Waals surface area contributed by atoms with E-state index in [9.17, 15) is 36.0 Å². The van der Waals surface area contributed by atoms with Crippen LogP contribution in [0.15, 0.2) is 41.3 Å². The molecular formula is C20H20F3N3O6S. The first kappa shape index (κ1) is 25.8. The highest BCUT2D eigenvalue weighted by Crippen LogP contribution is 2.19. The molecule has 0 spiro atoms. The van der Waals surface area contributed by atoms with Gasteiger partial charge >= 0.3 is 5.97 Å². The Balaban J connectivity index is 1.95. The molecule has 0 bridgehead atoms. The molecule has 2 N–H and O–H groups in total. The largest absolute Gasteiger partial charge is 0.449 e. The van der Waals surface area contributed by atoms with Crippen molar-refractivity contribution in [3.05, 3.63) is 59.4 Å². The number of hydrogen-bond donors (Lipinski definition) is 2. The molecule has 2 rings (SSSR count). The van der Waals surface area contributed by atoms with Crippen molar-refractivity contribution < 1.29 is 40.7 Å². The van der Waals surface area contributed by atoms with Gasteiger partial charge in [-0.1, -0.05) is 6.07 Å². The predicted molar refractivity (Wildman–Crippen MR) is 110 cm³/mol. The fraction of sp³-hybridized carbons (Fsp3) is 0.250. The minimum Gasteiger partial charge on any atom is -0.449 e. The molecule has 2 aromatic carbocycles. The average molecular weight is 487 g/mol. The zero-order chi connectivity index (χ0) is 24.9. The Morgan fingerprint density at radius 3 is 2.36 bits per heavy atom. The van der Waals surface area contributed by atoms with E-state index in [0.29, 0.717) is 6.07 Å². The summed E-state index contributed by atoms with van der Waals surface area (Å²) >= 11 is 0. The van der Waals surface area contributed by atoms with E-state index in [1.807, 2.05) is 5.32 Å². The van der Waals surface area contributed by atoms with E-state index < -0.39 is 63.6 Å². The number of halogens is 3. The highest BCUT2D eigenvalue weighted by Gasteiger charge is 2.23. The van der Waals surface area contributed by atoms with E-state index in [1.165, 1.54) is 39.2 Å². The van der Waals surface area contributed by atoms with Crippen molar-refractivity contribution in [3.63, 3.8) is 0 Å². The van der Waals surface area contributed by atoms with Crippen LogP contribution >= 0.6 is 0 Å². The van der Waals surface area contributed by atoms with Crippen LogP contribution in [0.25, 0.3) is 0 Å². The summed E-state index contributed by atoms with van der Waals surface area (Å²) < 4.78 is 70.0. The number of nitrogens with one attached hydrogen (secondary N) is 2. The van der Waals surface area contributed by atoms with Crippen LogP contribution in [0.2, 0.25) is 0 Å². The van der Waals surface area contributed by atoms with E-state index in [4.69, 9.17) is 4.74 Å². The molecule has 1 atom stereocenters. The highest BCUT2D eigenvalue weighted by atomic mass is 32.2. The molecule has 0 saturated carbocycles. The number of benzene rings is 2. The molecule has 2 aromatic rings. The summed E-state index contributed by atoms with van der Waals surface area (Å²) in [6, 6.07) is 6.43. The molecule has 13 heteroatoms. The number of rotatable bonds is 8. The molecular weight excluding hydrogens is 467 g/mol. The number of nitrogens with zero attached hydrogens (tertiary/aromatic N) is 1. The summed E-state index contributed by atoms with van der Waals surface area (Å²) in [7, 11) is -1.15. The zero-order valence-corrected chi connectivity index (χ0v) is 18.5. The lowest BCUT2D eigenvalue weighted by Gasteiger charge is -2.15. The maximum atomic E-state index is 13.6. The molecule has 0 aromatic heterocycles. The lowest BCUT2D eigenvalue weighted by molar-refractivity contribution is -0.130. The quantitative estimate of drug-likeness (QED) is 0.432. The van der Waals surface area contributed by atoms with Gasteiger partial charge in [0.2, 0.25) is 15.9 Å². The first-order valence-electron chi connectivity index (χ1n) is 9.29. The predicted octanol–water partition coefficient (Wildman–Crippen LogP) is 1.65. The monoisotopic (exact) mass is 487 g/mol. The van der Waals surface area contributed by atoms with Crippen molar-refractivity contribution in [1.82, 2.24) is 9.62 Å². The van der Waals surface area contributed by atoms with E-state index in [2.05, 4.69) is 5.32 Å². The molecule has 0 unspecified atom stereocenters. The van der Waals surface area contributed by atoms with Gasteiger partial charge < -0.3 is 15.4 Å². The number of hydrogen-bond acceptors (Lipinski definition) is 6. The van der Waals surface area contributed by atoms with Crippen molar-refractivity contribution in [2.24, 2.45) is 0 Å². The van der Waals surface area contributed by atoms with Gasteiger partial charge in [-0.15, -0.1) is 0 Å². The van der Waals surface area contributed by atoms with Crippen LogP contribution in [0.3, 0.4) is 0 Å². The Hall–Kier alpha value is -3.45. The fourth-order valence-electron chi connectivity index (χ4n) is 2.40. The lowest BCUT2D eigenvalue weighted by Crippen LogP contribution is -2.40. The number of esters is 1. The standard InChI is InChI=1S/C20H20F3N3O6S/c1-11(32-20(29)12-5-4-6-13(9-12)33(30,31)26(2)3)19(28)24-10-16(27)25-15-8-7-14(21)17(22)18(15)23/h4-9,11H,10H2,1-3H3,(H,24,28)(H,25,27)/t11-/m1/s1. The average Bonchev–Trinajstić information content (AvgIpc) is 2.77. The third-order valence-corrected chi connectivity index (χ3v) is 6.04. The number of sulfonamides is 1. The van der Waals surface area contributed by atoms with Crippen molar-refractivity contribution in [2.45, 2.75) is 17.9 Å². The van der Waals surface area contributed by atoms with Gasteiger partial charge in [0.05, 0.1) is 22.7 Å².